The van der Waals surface area contributed by atoms with Crippen molar-refractivity contribution < 1.29 is 27.4 Å². The molecule has 0 aromatic heterocycles. The summed E-state index contributed by atoms with van der Waals surface area (Å²) in [4.78, 5) is 17.5. The van der Waals surface area contributed by atoms with Crippen LogP contribution in [0.15, 0.2) is 71.6 Å². The maximum atomic E-state index is 13.7. The largest absolute Gasteiger partial charge is 0.497 e. The van der Waals surface area contributed by atoms with Gasteiger partial charge in [0.2, 0.25) is 12.7 Å². The van der Waals surface area contributed by atoms with Gasteiger partial charge in [-0.05, 0) is 48.9 Å². The van der Waals surface area contributed by atoms with E-state index in [1.165, 1.54) is 11.4 Å². The number of fused-ring (bicyclic) bond motifs is 1. The lowest BCUT2D eigenvalue weighted by Crippen LogP contribution is -2.51. The smallest absolute Gasteiger partial charge is 0.264 e. The van der Waals surface area contributed by atoms with E-state index in [2.05, 4.69) is 4.90 Å². The molecule has 1 saturated heterocycles. The Hall–Kier alpha value is -3.76. The minimum atomic E-state index is -3.99. The SMILES string of the molecule is COc1cccc(N(CC(=O)N2CCN(Cc3ccc4c(c3)OCO4)CC2)S(=O)(=O)c2ccc(C)cc2)c1. The van der Waals surface area contributed by atoms with Gasteiger partial charge in [-0.15, -0.1) is 0 Å². The molecule has 10 heteroatoms. The first-order valence-electron chi connectivity index (χ1n) is 12.5. The van der Waals surface area contributed by atoms with Gasteiger partial charge in [0, 0.05) is 38.8 Å². The number of amides is 1. The van der Waals surface area contributed by atoms with E-state index in [1.807, 2.05) is 25.1 Å². The van der Waals surface area contributed by atoms with E-state index in [0.29, 0.717) is 37.6 Å². The minimum absolute atomic E-state index is 0.132. The molecule has 2 heterocycles. The number of anilines is 1. The highest BCUT2D eigenvalue weighted by Gasteiger charge is 2.30. The van der Waals surface area contributed by atoms with E-state index in [0.717, 1.165) is 29.2 Å². The second-order valence-corrected chi connectivity index (χ2v) is 11.2. The normalized spacial score (nSPS) is 15.4. The molecule has 1 fully saturated rings. The fourth-order valence-electron chi connectivity index (χ4n) is 4.59. The van der Waals surface area contributed by atoms with Crippen LogP contribution in [-0.2, 0) is 21.4 Å². The molecule has 200 valence electrons. The fourth-order valence-corrected chi connectivity index (χ4v) is 6.00. The molecule has 2 aliphatic rings. The van der Waals surface area contributed by atoms with Crippen molar-refractivity contribution in [1.29, 1.82) is 0 Å². The molecular weight excluding hydrogens is 506 g/mol. The monoisotopic (exact) mass is 537 g/mol. The van der Waals surface area contributed by atoms with Gasteiger partial charge in [0.15, 0.2) is 11.5 Å². The molecule has 38 heavy (non-hydrogen) atoms. The van der Waals surface area contributed by atoms with Crippen LogP contribution in [0.25, 0.3) is 0 Å². The van der Waals surface area contributed by atoms with E-state index < -0.39 is 10.0 Å². The van der Waals surface area contributed by atoms with E-state index in [4.69, 9.17) is 14.2 Å². The third kappa shape index (κ3) is 5.56. The van der Waals surface area contributed by atoms with E-state index in [1.54, 1.807) is 53.4 Å². The number of piperazine rings is 1. The zero-order valence-corrected chi connectivity index (χ0v) is 22.3. The van der Waals surface area contributed by atoms with Crippen molar-refractivity contribution in [1.82, 2.24) is 9.80 Å². The van der Waals surface area contributed by atoms with Crippen LogP contribution in [-0.4, -0.2) is 70.8 Å². The van der Waals surface area contributed by atoms with Crippen LogP contribution in [0.4, 0.5) is 5.69 Å². The second-order valence-electron chi connectivity index (χ2n) is 9.37. The number of methoxy groups -OCH3 is 1. The van der Waals surface area contributed by atoms with Crippen LogP contribution < -0.4 is 18.5 Å². The van der Waals surface area contributed by atoms with Gasteiger partial charge in [-0.25, -0.2) is 8.42 Å². The molecule has 3 aromatic rings. The number of hydrogen-bond donors (Lipinski definition) is 0. The predicted molar refractivity (Wildman–Crippen MR) is 143 cm³/mol. The average molecular weight is 538 g/mol. The van der Waals surface area contributed by atoms with Gasteiger partial charge in [0.25, 0.3) is 10.0 Å². The molecule has 1 amide bonds. The van der Waals surface area contributed by atoms with Crippen LogP contribution in [0.5, 0.6) is 17.2 Å². The van der Waals surface area contributed by atoms with Gasteiger partial charge < -0.3 is 19.1 Å². The summed E-state index contributed by atoms with van der Waals surface area (Å²) in [6.07, 6.45) is 0. The Kier molecular flexibility index (Phi) is 7.44. The molecule has 3 aromatic carbocycles. The number of hydrogen-bond acceptors (Lipinski definition) is 7. The molecular formula is C28H31N3O6S. The molecule has 0 radical (unpaired) electrons. The van der Waals surface area contributed by atoms with Gasteiger partial charge in [-0.3, -0.25) is 14.0 Å². The van der Waals surface area contributed by atoms with Crippen LogP contribution in [0.1, 0.15) is 11.1 Å². The summed E-state index contributed by atoms with van der Waals surface area (Å²) in [6.45, 7) is 4.97. The van der Waals surface area contributed by atoms with Gasteiger partial charge in [-0.2, -0.15) is 0 Å². The Morgan fingerprint density at radius 3 is 2.42 bits per heavy atom. The van der Waals surface area contributed by atoms with Crippen molar-refractivity contribution in [3.63, 3.8) is 0 Å². The van der Waals surface area contributed by atoms with Crippen molar-refractivity contribution in [2.24, 2.45) is 0 Å². The van der Waals surface area contributed by atoms with Crippen LogP contribution in [0.2, 0.25) is 0 Å². The molecule has 0 atom stereocenters. The number of sulfonamides is 1. The summed E-state index contributed by atoms with van der Waals surface area (Å²) in [7, 11) is -2.47. The third-order valence-electron chi connectivity index (χ3n) is 6.80. The molecule has 0 saturated carbocycles. The van der Waals surface area contributed by atoms with Crippen LogP contribution >= 0.6 is 0 Å². The van der Waals surface area contributed by atoms with Gasteiger partial charge >= 0.3 is 0 Å². The second kappa shape index (κ2) is 10.9. The highest BCUT2D eigenvalue weighted by atomic mass is 32.2. The van der Waals surface area contributed by atoms with Crippen LogP contribution in [0, 0.1) is 6.92 Å². The first-order valence-corrected chi connectivity index (χ1v) is 13.9. The minimum Gasteiger partial charge on any atom is -0.497 e. The lowest BCUT2D eigenvalue weighted by molar-refractivity contribution is -0.131. The molecule has 0 aliphatic carbocycles. The number of carbonyl (C=O) groups is 1. The summed E-state index contributed by atoms with van der Waals surface area (Å²) < 4.78 is 44.7. The molecule has 0 N–H and O–H groups in total. The average Bonchev–Trinajstić information content (AvgIpc) is 3.40. The lowest BCUT2D eigenvalue weighted by Gasteiger charge is -2.36. The van der Waals surface area contributed by atoms with E-state index in [9.17, 15) is 13.2 Å². The molecule has 9 nitrogen and oxygen atoms in total. The first-order chi connectivity index (χ1) is 18.3. The van der Waals surface area contributed by atoms with Crippen molar-refractivity contribution in [2.75, 3.05) is 50.9 Å². The molecule has 0 spiro atoms. The standard InChI is InChI=1S/C28H31N3O6S/c1-21-6-9-25(10-7-21)38(33,34)31(23-4-3-5-24(17-23)35-2)19-28(32)30-14-12-29(13-15-30)18-22-8-11-26-27(16-22)37-20-36-26/h3-11,16-17H,12-15,18-20H2,1-2H3. The van der Waals surface area contributed by atoms with Crippen molar-refractivity contribution in [2.45, 2.75) is 18.4 Å². The Bertz CT molecular complexity index is 1400. The number of rotatable bonds is 8. The quantitative estimate of drug-likeness (QED) is 0.436. The van der Waals surface area contributed by atoms with E-state index >= 15 is 0 Å². The van der Waals surface area contributed by atoms with Crippen LogP contribution in [0.3, 0.4) is 0 Å². The Labute approximate surface area is 223 Å². The topological polar surface area (TPSA) is 88.6 Å². The summed E-state index contributed by atoms with van der Waals surface area (Å²) in [5.41, 5.74) is 2.44. The van der Waals surface area contributed by atoms with Gasteiger partial charge in [0.1, 0.15) is 12.3 Å². The zero-order chi connectivity index (χ0) is 26.7. The first kappa shape index (κ1) is 25.9. The summed E-state index contributed by atoms with van der Waals surface area (Å²) in [5, 5.41) is 0. The highest BCUT2D eigenvalue weighted by Crippen LogP contribution is 2.33. The number of carbonyl (C=O) groups excluding carboxylic acids is 1. The summed E-state index contributed by atoms with van der Waals surface area (Å²) in [5.74, 6) is 1.77. The van der Waals surface area contributed by atoms with Gasteiger partial charge in [-0.1, -0.05) is 29.8 Å². The van der Waals surface area contributed by atoms with Gasteiger partial charge in [0.05, 0.1) is 17.7 Å². The molecule has 0 bridgehead atoms. The third-order valence-corrected chi connectivity index (χ3v) is 8.59. The zero-order valence-electron chi connectivity index (χ0n) is 21.5. The fraction of sp³-hybridized carbons (Fsp3) is 0.321. The van der Waals surface area contributed by atoms with Crippen molar-refractivity contribution >= 4 is 21.6 Å². The Balaban J connectivity index is 1.28. The maximum Gasteiger partial charge on any atom is 0.264 e. The number of nitrogens with zero attached hydrogens (tertiary/aromatic N) is 3. The number of aryl methyl sites for hydroxylation is 1. The van der Waals surface area contributed by atoms with Crippen molar-refractivity contribution in [3.8, 4) is 17.2 Å². The molecule has 0 unspecified atom stereocenters. The highest BCUT2D eigenvalue weighted by molar-refractivity contribution is 7.92. The predicted octanol–water partition coefficient (Wildman–Crippen LogP) is 3.27. The summed E-state index contributed by atoms with van der Waals surface area (Å²) >= 11 is 0. The molecule has 2 aliphatic heterocycles. The number of ether oxygens (including phenoxy) is 3. The molecule has 5 rings (SSSR count). The summed E-state index contributed by atoms with van der Waals surface area (Å²) in [6, 6.07) is 19.3. The van der Waals surface area contributed by atoms with Crippen molar-refractivity contribution in [3.05, 3.63) is 77.9 Å². The Morgan fingerprint density at radius 2 is 1.68 bits per heavy atom. The number of benzene rings is 3. The lowest BCUT2D eigenvalue weighted by atomic mass is 10.1. The van der Waals surface area contributed by atoms with E-state index in [-0.39, 0.29) is 24.1 Å². The maximum absolute atomic E-state index is 13.7. The Morgan fingerprint density at radius 1 is 0.947 bits per heavy atom.